The Labute approximate surface area is 148 Å². The monoisotopic (exact) mass is 379 g/mol. The lowest BCUT2D eigenvalue weighted by Gasteiger charge is -2.26. The molecule has 0 unspecified atom stereocenters. The number of rotatable bonds is 6. The van der Waals surface area contributed by atoms with Gasteiger partial charge in [-0.3, -0.25) is 4.79 Å². The molecule has 1 amide bonds. The van der Waals surface area contributed by atoms with Crippen LogP contribution in [0.1, 0.15) is 0 Å². The fourth-order valence-electron chi connectivity index (χ4n) is 2.25. The first kappa shape index (κ1) is 20.7. The van der Waals surface area contributed by atoms with E-state index in [9.17, 15) is 13.2 Å². The van der Waals surface area contributed by atoms with E-state index in [4.69, 9.17) is 9.47 Å². The van der Waals surface area contributed by atoms with Crippen LogP contribution in [0.15, 0.2) is 23.1 Å². The Kier molecular flexibility index (Phi) is 7.91. The largest absolute Gasteiger partial charge is 0.495 e. The average Bonchev–Trinajstić information content (AvgIpc) is 2.56. The van der Waals surface area contributed by atoms with Gasteiger partial charge in [0, 0.05) is 18.8 Å². The Morgan fingerprint density at radius 2 is 2.00 bits per heavy atom. The van der Waals surface area contributed by atoms with Crippen molar-refractivity contribution in [2.45, 2.75) is 4.90 Å². The highest BCUT2D eigenvalue weighted by Crippen LogP contribution is 2.30. The number of nitrogens with zero attached hydrogens (tertiary/aromatic N) is 1. The number of hydrogen-bond donors (Lipinski definition) is 2. The Balaban J connectivity index is 0.00000288. The van der Waals surface area contributed by atoms with Gasteiger partial charge in [-0.25, -0.2) is 8.42 Å². The number of halogens is 1. The molecule has 0 bridgehead atoms. The van der Waals surface area contributed by atoms with Crippen molar-refractivity contribution >= 4 is 34.0 Å². The summed E-state index contributed by atoms with van der Waals surface area (Å²) in [6, 6.07) is 4.55. The number of nitrogens with one attached hydrogen (secondary N) is 2. The first-order chi connectivity index (χ1) is 11.0. The topological polar surface area (TPSA) is 97.0 Å². The molecule has 2 rings (SSSR count). The van der Waals surface area contributed by atoms with Gasteiger partial charge in [-0.2, -0.15) is 4.31 Å². The number of hydrogen-bond acceptors (Lipinski definition) is 6. The van der Waals surface area contributed by atoms with Crippen molar-refractivity contribution in [3.05, 3.63) is 18.2 Å². The first-order valence-corrected chi connectivity index (χ1v) is 8.63. The molecule has 136 valence electrons. The van der Waals surface area contributed by atoms with Gasteiger partial charge in [-0.1, -0.05) is 0 Å². The van der Waals surface area contributed by atoms with E-state index < -0.39 is 10.0 Å². The van der Waals surface area contributed by atoms with E-state index >= 15 is 0 Å². The van der Waals surface area contributed by atoms with Crippen LogP contribution in [-0.2, 0) is 19.6 Å². The molecule has 10 heteroatoms. The van der Waals surface area contributed by atoms with E-state index in [0.29, 0.717) is 32.0 Å². The number of morpholine rings is 1. The van der Waals surface area contributed by atoms with Crippen molar-refractivity contribution < 1.29 is 22.7 Å². The number of carbonyl (C=O) groups is 1. The lowest BCUT2D eigenvalue weighted by molar-refractivity contribution is -0.115. The van der Waals surface area contributed by atoms with Gasteiger partial charge in [0.2, 0.25) is 15.9 Å². The maximum absolute atomic E-state index is 12.8. The van der Waals surface area contributed by atoms with Gasteiger partial charge >= 0.3 is 0 Å². The van der Waals surface area contributed by atoms with Gasteiger partial charge in [-0.15, -0.1) is 12.4 Å². The van der Waals surface area contributed by atoms with Crippen LogP contribution in [0.2, 0.25) is 0 Å². The van der Waals surface area contributed by atoms with Crippen LogP contribution in [-0.4, -0.2) is 65.6 Å². The third kappa shape index (κ3) is 4.81. The lowest BCUT2D eigenvalue weighted by Crippen LogP contribution is -2.40. The van der Waals surface area contributed by atoms with E-state index in [1.807, 2.05) is 0 Å². The summed E-state index contributed by atoms with van der Waals surface area (Å²) < 4.78 is 37.3. The van der Waals surface area contributed by atoms with Crippen molar-refractivity contribution in [1.29, 1.82) is 0 Å². The molecule has 1 aromatic carbocycles. The minimum absolute atomic E-state index is 0. The zero-order chi connectivity index (χ0) is 16.9. The molecule has 1 fully saturated rings. The highest BCUT2D eigenvalue weighted by molar-refractivity contribution is 7.89. The van der Waals surface area contributed by atoms with Crippen LogP contribution >= 0.6 is 12.4 Å². The predicted octanol–water partition coefficient (Wildman–Crippen LogP) is 0.296. The molecule has 0 saturated carbocycles. The fraction of sp³-hybridized carbons (Fsp3) is 0.500. The predicted molar refractivity (Wildman–Crippen MR) is 92.4 cm³/mol. The third-order valence-corrected chi connectivity index (χ3v) is 5.29. The number of likely N-dealkylation sites (N-methyl/N-ethyl adjacent to an activating group) is 1. The normalized spacial score (nSPS) is 15.4. The molecule has 1 aliphatic heterocycles. The summed E-state index contributed by atoms with van der Waals surface area (Å²) in [7, 11) is -0.650. The second-order valence-electron chi connectivity index (χ2n) is 4.96. The summed E-state index contributed by atoms with van der Waals surface area (Å²) >= 11 is 0. The minimum Gasteiger partial charge on any atom is -0.495 e. The summed E-state index contributed by atoms with van der Waals surface area (Å²) in [5, 5.41) is 5.37. The van der Waals surface area contributed by atoms with E-state index in [1.54, 1.807) is 13.1 Å². The molecule has 24 heavy (non-hydrogen) atoms. The summed E-state index contributed by atoms with van der Waals surface area (Å²) in [5.41, 5.74) is 0.401. The number of ether oxygens (including phenoxy) is 2. The van der Waals surface area contributed by atoms with E-state index in [1.165, 1.54) is 23.5 Å². The number of amides is 1. The van der Waals surface area contributed by atoms with E-state index in [2.05, 4.69) is 10.6 Å². The van der Waals surface area contributed by atoms with Gasteiger partial charge in [0.05, 0.1) is 26.9 Å². The number of methoxy groups -OCH3 is 1. The van der Waals surface area contributed by atoms with Crippen LogP contribution in [0.25, 0.3) is 0 Å². The van der Waals surface area contributed by atoms with Gasteiger partial charge in [-0.05, 0) is 25.2 Å². The Bertz CT molecular complexity index is 662. The molecule has 1 saturated heterocycles. The standard InChI is InChI=1S/C14H21N3O5S.ClH/c1-15-10-14(18)16-11-3-4-12(21-2)13(9-11)23(19,20)17-5-7-22-8-6-17;/h3-4,9,15H,5-8,10H2,1-2H3,(H,16,18);1H. The quantitative estimate of drug-likeness (QED) is 0.737. The third-order valence-electron chi connectivity index (χ3n) is 3.37. The van der Waals surface area contributed by atoms with Crippen LogP contribution in [0, 0.1) is 0 Å². The molecule has 1 aliphatic rings. The molecule has 1 aromatic rings. The Morgan fingerprint density at radius 1 is 1.33 bits per heavy atom. The molecule has 2 N–H and O–H groups in total. The molecular weight excluding hydrogens is 358 g/mol. The van der Waals surface area contributed by atoms with Crippen LogP contribution in [0.5, 0.6) is 5.75 Å². The van der Waals surface area contributed by atoms with Crippen molar-refractivity contribution in [3.63, 3.8) is 0 Å². The molecule has 0 radical (unpaired) electrons. The molecular formula is C14H22ClN3O5S. The summed E-state index contributed by atoms with van der Waals surface area (Å²) in [6.45, 7) is 1.45. The maximum atomic E-state index is 12.8. The smallest absolute Gasteiger partial charge is 0.246 e. The number of anilines is 1. The van der Waals surface area contributed by atoms with Gasteiger partial charge in [0.1, 0.15) is 10.6 Å². The average molecular weight is 380 g/mol. The zero-order valence-corrected chi connectivity index (χ0v) is 15.2. The molecule has 0 atom stereocenters. The fourth-order valence-corrected chi connectivity index (χ4v) is 3.84. The Morgan fingerprint density at radius 3 is 2.58 bits per heavy atom. The molecule has 0 aliphatic carbocycles. The maximum Gasteiger partial charge on any atom is 0.246 e. The van der Waals surface area contributed by atoms with Crippen LogP contribution in [0.4, 0.5) is 5.69 Å². The molecule has 1 heterocycles. The zero-order valence-electron chi connectivity index (χ0n) is 13.6. The SMILES string of the molecule is CNCC(=O)Nc1ccc(OC)c(S(=O)(=O)N2CCOCC2)c1.Cl. The van der Waals surface area contributed by atoms with Crippen LogP contribution in [0.3, 0.4) is 0 Å². The molecule has 0 spiro atoms. The van der Waals surface area contributed by atoms with Crippen LogP contribution < -0.4 is 15.4 Å². The van der Waals surface area contributed by atoms with E-state index in [0.717, 1.165) is 0 Å². The number of sulfonamides is 1. The van der Waals surface area contributed by atoms with Crippen molar-refractivity contribution in [3.8, 4) is 5.75 Å². The highest BCUT2D eigenvalue weighted by atomic mass is 35.5. The van der Waals surface area contributed by atoms with Crippen molar-refractivity contribution in [1.82, 2.24) is 9.62 Å². The van der Waals surface area contributed by atoms with Crippen molar-refractivity contribution in [2.24, 2.45) is 0 Å². The Hall–Kier alpha value is -1.39. The molecule has 8 nitrogen and oxygen atoms in total. The van der Waals surface area contributed by atoms with E-state index in [-0.39, 0.29) is 35.5 Å². The van der Waals surface area contributed by atoms with Gasteiger partial charge in [0.15, 0.2) is 0 Å². The summed E-state index contributed by atoms with van der Waals surface area (Å²) in [4.78, 5) is 11.7. The highest BCUT2D eigenvalue weighted by Gasteiger charge is 2.29. The second kappa shape index (κ2) is 9.19. The van der Waals surface area contributed by atoms with Gasteiger partial charge in [0.25, 0.3) is 0 Å². The minimum atomic E-state index is -3.71. The van der Waals surface area contributed by atoms with Crippen molar-refractivity contribution in [2.75, 3.05) is 52.3 Å². The number of carbonyl (C=O) groups excluding carboxylic acids is 1. The van der Waals surface area contributed by atoms with Gasteiger partial charge < -0.3 is 20.1 Å². The second-order valence-corrected chi connectivity index (χ2v) is 6.87. The lowest BCUT2D eigenvalue weighted by atomic mass is 10.3. The number of benzene rings is 1. The first-order valence-electron chi connectivity index (χ1n) is 7.19. The molecule has 0 aromatic heterocycles. The summed E-state index contributed by atoms with van der Waals surface area (Å²) in [6.07, 6.45) is 0. The summed E-state index contributed by atoms with van der Waals surface area (Å²) in [5.74, 6) is -0.0181.